The molecule has 2 aliphatic heterocycles. The first-order chi connectivity index (χ1) is 13.2. The lowest BCUT2D eigenvalue weighted by Crippen LogP contribution is -2.44. The number of halogens is 1. The maximum atomic E-state index is 13.1. The first-order valence-electron chi connectivity index (χ1n) is 10.0. The van der Waals surface area contributed by atoms with Gasteiger partial charge in [-0.1, -0.05) is 0 Å². The van der Waals surface area contributed by atoms with E-state index in [9.17, 15) is 4.39 Å². The Morgan fingerprint density at radius 2 is 1.85 bits per heavy atom. The fraction of sp³-hybridized carbons (Fsp3) is 0.500. The van der Waals surface area contributed by atoms with E-state index in [1.807, 2.05) is 13.0 Å². The van der Waals surface area contributed by atoms with Gasteiger partial charge in [0.2, 0.25) is 0 Å². The molecule has 2 fully saturated rings. The molecule has 5 heteroatoms. The van der Waals surface area contributed by atoms with Crippen molar-refractivity contribution in [2.75, 3.05) is 31.6 Å². The van der Waals surface area contributed by atoms with Crippen LogP contribution in [0, 0.1) is 12.7 Å². The molecule has 4 nitrogen and oxygen atoms in total. The summed E-state index contributed by atoms with van der Waals surface area (Å²) in [4.78, 5) is 7.49. The van der Waals surface area contributed by atoms with Crippen LogP contribution in [0.5, 0.6) is 0 Å². The van der Waals surface area contributed by atoms with E-state index in [1.54, 1.807) is 12.1 Å². The number of likely N-dealkylation sites (tertiary alicyclic amines) is 1. The smallest absolute Gasteiger partial charge is 0.123 e. The van der Waals surface area contributed by atoms with Crippen LogP contribution >= 0.6 is 0 Å². The Morgan fingerprint density at radius 3 is 2.63 bits per heavy atom. The molecule has 3 heterocycles. The van der Waals surface area contributed by atoms with Gasteiger partial charge in [0, 0.05) is 54.5 Å². The predicted molar refractivity (Wildman–Crippen MR) is 106 cm³/mol. The van der Waals surface area contributed by atoms with Crippen molar-refractivity contribution < 1.29 is 9.13 Å². The predicted octanol–water partition coefficient (Wildman–Crippen LogP) is 4.63. The van der Waals surface area contributed by atoms with Crippen LogP contribution in [-0.4, -0.2) is 42.2 Å². The maximum absolute atomic E-state index is 13.1. The van der Waals surface area contributed by atoms with E-state index in [-0.39, 0.29) is 5.82 Å². The Kier molecular flexibility index (Phi) is 5.69. The second kappa shape index (κ2) is 8.36. The van der Waals surface area contributed by atoms with Gasteiger partial charge in [0.25, 0.3) is 0 Å². The molecule has 0 radical (unpaired) electrons. The van der Waals surface area contributed by atoms with Crippen LogP contribution < -0.4 is 5.32 Å². The van der Waals surface area contributed by atoms with Crippen molar-refractivity contribution in [3.63, 3.8) is 0 Å². The fourth-order valence-electron chi connectivity index (χ4n) is 4.31. The van der Waals surface area contributed by atoms with Gasteiger partial charge in [-0.05, 0) is 75.5 Å². The molecule has 1 N–H and O–H groups in total. The molecule has 27 heavy (non-hydrogen) atoms. The molecule has 1 atom stereocenters. The number of benzene rings is 1. The van der Waals surface area contributed by atoms with Crippen LogP contribution in [0.25, 0.3) is 0 Å². The quantitative estimate of drug-likeness (QED) is 0.853. The number of hydrogen-bond donors (Lipinski definition) is 1. The van der Waals surface area contributed by atoms with Gasteiger partial charge in [0.1, 0.15) is 5.82 Å². The van der Waals surface area contributed by atoms with E-state index in [2.05, 4.69) is 16.3 Å². The van der Waals surface area contributed by atoms with E-state index in [0.29, 0.717) is 12.0 Å². The van der Waals surface area contributed by atoms with Gasteiger partial charge in [-0.2, -0.15) is 0 Å². The third-order valence-corrected chi connectivity index (χ3v) is 5.68. The number of ether oxygens (including phenoxy) is 1. The number of anilines is 2. The van der Waals surface area contributed by atoms with Gasteiger partial charge in [-0.3, -0.25) is 9.88 Å². The molecule has 0 unspecified atom stereocenters. The highest BCUT2D eigenvalue weighted by Gasteiger charge is 2.28. The first-order valence-corrected chi connectivity index (χ1v) is 10.0. The van der Waals surface area contributed by atoms with Gasteiger partial charge in [-0.15, -0.1) is 0 Å². The summed E-state index contributed by atoms with van der Waals surface area (Å²) in [5.41, 5.74) is 4.09. The number of pyridine rings is 1. The summed E-state index contributed by atoms with van der Waals surface area (Å²) < 4.78 is 18.7. The van der Waals surface area contributed by atoms with Crippen molar-refractivity contribution >= 4 is 11.4 Å². The monoisotopic (exact) mass is 369 g/mol. The van der Waals surface area contributed by atoms with Crippen LogP contribution in [0.2, 0.25) is 0 Å². The van der Waals surface area contributed by atoms with Crippen LogP contribution in [0.15, 0.2) is 36.4 Å². The summed E-state index contributed by atoms with van der Waals surface area (Å²) in [6.07, 6.45) is 4.70. The third kappa shape index (κ3) is 4.66. The van der Waals surface area contributed by atoms with Gasteiger partial charge >= 0.3 is 0 Å². The number of rotatable bonds is 4. The highest BCUT2D eigenvalue weighted by atomic mass is 19.1. The van der Waals surface area contributed by atoms with Crippen molar-refractivity contribution in [2.24, 2.45) is 0 Å². The van der Waals surface area contributed by atoms with E-state index in [4.69, 9.17) is 9.72 Å². The van der Waals surface area contributed by atoms with Crippen LogP contribution in [-0.2, 0) is 4.74 Å². The second-order valence-corrected chi connectivity index (χ2v) is 7.73. The van der Waals surface area contributed by atoms with Crippen molar-refractivity contribution in [3.05, 3.63) is 53.6 Å². The highest BCUT2D eigenvalue weighted by Crippen LogP contribution is 2.31. The van der Waals surface area contributed by atoms with Crippen molar-refractivity contribution in [1.82, 2.24) is 9.88 Å². The van der Waals surface area contributed by atoms with Gasteiger partial charge in [-0.25, -0.2) is 4.39 Å². The highest BCUT2D eigenvalue weighted by molar-refractivity contribution is 5.60. The summed E-state index contributed by atoms with van der Waals surface area (Å²) in [6.45, 7) is 6.09. The maximum Gasteiger partial charge on any atom is 0.123 e. The summed E-state index contributed by atoms with van der Waals surface area (Å²) in [5, 5.41) is 3.39. The second-order valence-electron chi connectivity index (χ2n) is 7.73. The average molecular weight is 369 g/mol. The molecule has 1 aromatic carbocycles. The van der Waals surface area contributed by atoms with Gasteiger partial charge < -0.3 is 10.1 Å². The number of nitrogens with one attached hydrogen (secondary N) is 1. The Hall–Kier alpha value is -1.98. The van der Waals surface area contributed by atoms with Crippen molar-refractivity contribution in [1.29, 1.82) is 0 Å². The minimum Gasteiger partial charge on any atom is -0.381 e. The summed E-state index contributed by atoms with van der Waals surface area (Å²) in [7, 11) is 0. The number of aromatic nitrogens is 1. The Labute approximate surface area is 160 Å². The van der Waals surface area contributed by atoms with Crippen LogP contribution in [0.3, 0.4) is 0 Å². The third-order valence-electron chi connectivity index (χ3n) is 5.68. The SMILES string of the molecule is Cc1cc(Nc2ccc(F)cc2)cc([C@H]2CCCN(C3CCOCC3)C2)n1. The van der Waals surface area contributed by atoms with Crippen LogP contribution in [0.1, 0.15) is 43.0 Å². The Morgan fingerprint density at radius 1 is 1.07 bits per heavy atom. The molecule has 0 bridgehead atoms. The minimum atomic E-state index is -0.220. The summed E-state index contributed by atoms with van der Waals surface area (Å²) >= 11 is 0. The lowest BCUT2D eigenvalue weighted by atomic mass is 9.91. The first kappa shape index (κ1) is 18.4. The van der Waals surface area contributed by atoms with Crippen molar-refractivity contribution in [3.8, 4) is 0 Å². The van der Waals surface area contributed by atoms with Gasteiger partial charge in [0.15, 0.2) is 0 Å². The number of piperidine rings is 1. The summed E-state index contributed by atoms with van der Waals surface area (Å²) in [5.74, 6) is 0.248. The molecule has 2 saturated heterocycles. The number of nitrogens with zero attached hydrogens (tertiary/aromatic N) is 2. The van der Waals surface area contributed by atoms with E-state index < -0.39 is 0 Å². The molecule has 2 aliphatic rings. The minimum absolute atomic E-state index is 0.220. The molecule has 0 spiro atoms. The fourth-order valence-corrected chi connectivity index (χ4v) is 4.31. The Bertz CT molecular complexity index is 759. The molecule has 0 aliphatic carbocycles. The van der Waals surface area contributed by atoms with E-state index >= 15 is 0 Å². The lowest BCUT2D eigenvalue weighted by Gasteiger charge is -2.39. The number of aryl methyl sites for hydroxylation is 1. The molecular formula is C22H28FN3O. The molecular weight excluding hydrogens is 341 g/mol. The lowest BCUT2D eigenvalue weighted by molar-refractivity contribution is 0.0237. The summed E-state index contributed by atoms with van der Waals surface area (Å²) in [6, 6.07) is 11.3. The molecule has 2 aromatic rings. The zero-order valence-corrected chi connectivity index (χ0v) is 16.0. The zero-order chi connectivity index (χ0) is 18.6. The molecule has 144 valence electrons. The van der Waals surface area contributed by atoms with E-state index in [1.165, 1.54) is 31.5 Å². The normalized spacial score (nSPS) is 21.9. The molecule has 0 saturated carbocycles. The van der Waals surface area contributed by atoms with Gasteiger partial charge in [0.05, 0.1) is 0 Å². The number of hydrogen-bond acceptors (Lipinski definition) is 4. The standard InChI is InChI=1S/C22H28FN3O/c1-16-13-20(25-19-6-4-18(23)5-7-19)14-22(24-16)17-3-2-10-26(15-17)21-8-11-27-12-9-21/h4-7,13-14,17,21H,2-3,8-12,15H2,1H3,(H,24,25)/t17-/m0/s1. The van der Waals surface area contributed by atoms with Crippen molar-refractivity contribution in [2.45, 2.75) is 44.6 Å². The Balaban J connectivity index is 1.49. The topological polar surface area (TPSA) is 37.4 Å². The zero-order valence-electron chi connectivity index (χ0n) is 16.0. The largest absolute Gasteiger partial charge is 0.381 e. The average Bonchev–Trinajstić information content (AvgIpc) is 2.70. The molecule has 0 amide bonds. The molecule has 1 aromatic heterocycles. The van der Waals surface area contributed by atoms with Crippen LogP contribution in [0.4, 0.5) is 15.8 Å². The molecule has 4 rings (SSSR count). The van der Waals surface area contributed by atoms with E-state index in [0.717, 1.165) is 55.4 Å².